The third kappa shape index (κ3) is 4.27. The van der Waals surface area contributed by atoms with Gasteiger partial charge in [-0.3, -0.25) is 4.79 Å². The van der Waals surface area contributed by atoms with Crippen LogP contribution in [0.1, 0.15) is 42.6 Å². The van der Waals surface area contributed by atoms with Gasteiger partial charge in [0.05, 0.1) is 29.3 Å². The number of carbonyl (C=O) groups is 1. The summed E-state index contributed by atoms with van der Waals surface area (Å²) in [5.41, 5.74) is 9.28. The molecule has 2 aliphatic heterocycles. The lowest BCUT2D eigenvalue weighted by Gasteiger charge is -2.42. The molecule has 11 heteroatoms. The van der Waals surface area contributed by atoms with E-state index in [9.17, 15) is 4.79 Å². The van der Waals surface area contributed by atoms with E-state index in [-0.39, 0.29) is 11.4 Å². The fourth-order valence-corrected chi connectivity index (χ4v) is 6.29. The molecule has 1 aliphatic carbocycles. The number of rotatable bonds is 4. The topological polar surface area (TPSA) is 130 Å². The normalized spacial score (nSPS) is 18.7. The molecule has 39 heavy (non-hydrogen) atoms. The summed E-state index contributed by atoms with van der Waals surface area (Å²) in [7, 11) is 0. The predicted molar refractivity (Wildman–Crippen MR) is 152 cm³/mol. The van der Waals surface area contributed by atoms with Gasteiger partial charge in [-0.25, -0.2) is 15.0 Å². The molecular weight excluding hydrogens is 492 g/mol. The van der Waals surface area contributed by atoms with Crippen LogP contribution in [0.2, 0.25) is 0 Å². The molecule has 1 saturated carbocycles. The van der Waals surface area contributed by atoms with Crippen molar-refractivity contribution in [1.82, 2.24) is 29.8 Å². The molecule has 0 aromatic carbocycles. The lowest BCUT2D eigenvalue weighted by atomic mass is 9.80. The Balaban J connectivity index is 1.07. The van der Waals surface area contributed by atoms with Gasteiger partial charge in [0.1, 0.15) is 23.0 Å². The molecule has 2 fully saturated rings. The van der Waals surface area contributed by atoms with Crippen LogP contribution in [0.5, 0.6) is 0 Å². The quantitative estimate of drug-likeness (QED) is 0.368. The summed E-state index contributed by atoms with van der Waals surface area (Å²) in [5, 5.41) is 7.26. The minimum Gasteiger partial charge on any atom is -0.384 e. The standard InChI is InChI=1S/C28H32N10O/c29-23-6-4-20(16-30-23)36-10-12-37(13-11-36)21-5-7-24(31-17-21)34-27-32-15-19-14-22-26(39)33-18-28(8-2-1-3-9-28)38(22)25(19)35-27/h4-7,14-17H,1-3,8-13,18H2,(H2,29,30)(H,33,39)(H,31,32,34,35). The van der Waals surface area contributed by atoms with Crippen LogP contribution in [0.3, 0.4) is 0 Å². The number of carbonyl (C=O) groups excluding carboxylic acids is 1. The highest BCUT2D eigenvalue weighted by Crippen LogP contribution is 2.40. The highest BCUT2D eigenvalue weighted by Gasteiger charge is 2.41. The Morgan fingerprint density at radius 2 is 1.59 bits per heavy atom. The van der Waals surface area contributed by atoms with Crippen molar-refractivity contribution in [3.8, 4) is 0 Å². The smallest absolute Gasteiger partial charge is 0.268 e. The van der Waals surface area contributed by atoms with Crippen molar-refractivity contribution in [3.63, 3.8) is 0 Å². The predicted octanol–water partition coefficient (Wildman–Crippen LogP) is 3.28. The number of nitrogen functional groups attached to an aromatic ring is 1. The summed E-state index contributed by atoms with van der Waals surface area (Å²) < 4.78 is 2.18. The van der Waals surface area contributed by atoms with Gasteiger partial charge in [0, 0.05) is 44.3 Å². The molecule has 1 spiro atoms. The maximum absolute atomic E-state index is 12.7. The minimum absolute atomic E-state index is 0.0399. The lowest BCUT2D eigenvalue weighted by Crippen LogP contribution is -2.52. The molecule has 3 aliphatic rings. The van der Waals surface area contributed by atoms with E-state index in [1.165, 1.54) is 6.42 Å². The molecule has 6 heterocycles. The van der Waals surface area contributed by atoms with Crippen LogP contribution < -0.4 is 26.2 Å². The van der Waals surface area contributed by atoms with E-state index in [1.807, 2.05) is 36.7 Å². The molecule has 200 valence electrons. The van der Waals surface area contributed by atoms with Crippen LogP contribution in [-0.4, -0.2) is 63.1 Å². The first-order valence-electron chi connectivity index (χ1n) is 13.7. The van der Waals surface area contributed by atoms with Crippen LogP contribution >= 0.6 is 0 Å². The molecule has 1 amide bonds. The summed E-state index contributed by atoms with van der Waals surface area (Å²) >= 11 is 0. The van der Waals surface area contributed by atoms with Gasteiger partial charge in [0.2, 0.25) is 5.95 Å². The molecule has 7 rings (SSSR count). The van der Waals surface area contributed by atoms with E-state index < -0.39 is 0 Å². The second-order valence-electron chi connectivity index (χ2n) is 10.7. The number of nitrogens with one attached hydrogen (secondary N) is 2. The number of anilines is 5. The number of fused-ring (bicyclic) bond motifs is 4. The largest absolute Gasteiger partial charge is 0.384 e. The second kappa shape index (κ2) is 9.40. The van der Waals surface area contributed by atoms with E-state index in [0.717, 1.165) is 74.3 Å². The van der Waals surface area contributed by atoms with Crippen molar-refractivity contribution in [3.05, 3.63) is 54.6 Å². The zero-order valence-electron chi connectivity index (χ0n) is 21.8. The molecule has 4 aromatic heterocycles. The van der Waals surface area contributed by atoms with Gasteiger partial charge in [-0.15, -0.1) is 0 Å². The molecule has 11 nitrogen and oxygen atoms in total. The van der Waals surface area contributed by atoms with E-state index >= 15 is 0 Å². The summed E-state index contributed by atoms with van der Waals surface area (Å²) in [6.45, 7) is 4.26. The van der Waals surface area contributed by atoms with E-state index in [0.29, 0.717) is 29.8 Å². The first-order chi connectivity index (χ1) is 19.1. The highest BCUT2D eigenvalue weighted by molar-refractivity contribution is 5.99. The van der Waals surface area contributed by atoms with Crippen LogP contribution in [-0.2, 0) is 5.54 Å². The van der Waals surface area contributed by atoms with Gasteiger partial charge in [-0.1, -0.05) is 19.3 Å². The van der Waals surface area contributed by atoms with Crippen molar-refractivity contribution < 1.29 is 4.79 Å². The van der Waals surface area contributed by atoms with Gasteiger partial charge in [0.25, 0.3) is 5.91 Å². The summed E-state index contributed by atoms with van der Waals surface area (Å²) in [6, 6.07) is 9.82. The number of aromatic nitrogens is 5. The van der Waals surface area contributed by atoms with Crippen LogP contribution in [0.4, 0.5) is 29.0 Å². The fraction of sp³-hybridized carbons (Fsp3) is 0.393. The van der Waals surface area contributed by atoms with Crippen LogP contribution in [0.25, 0.3) is 11.0 Å². The maximum atomic E-state index is 12.7. The van der Waals surface area contributed by atoms with Gasteiger partial charge in [-0.05, 0) is 43.2 Å². The zero-order valence-corrected chi connectivity index (χ0v) is 21.8. The maximum Gasteiger partial charge on any atom is 0.268 e. The van der Waals surface area contributed by atoms with Crippen molar-refractivity contribution in [2.75, 3.05) is 53.6 Å². The third-order valence-corrected chi connectivity index (χ3v) is 8.38. The summed E-state index contributed by atoms with van der Waals surface area (Å²) in [4.78, 5) is 35.6. The number of piperazine rings is 1. The number of nitrogens with zero attached hydrogens (tertiary/aromatic N) is 7. The van der Waals surface area contributed by atoms with Crippen LogP contribution in [0, 0.1) is 0 Å². The Bertz CT molecular complexity index is 1500. The average Bonchev–Trinajstić information content (AvgIpc) is 3.37. The highest BCUT2D eigenvalue weighted by atomic mass is 16.2. The molecule has 0 radical (unpaired) electrons. The van der Waals surface area contributed by atoms with Gasteiger partial charge in [0.15, 0.2) is 0 Å². The Morgan fingerprint density at radius 3 is 2.26 bits per heavy atom. The van der Waals surface area contributed by atoms with Crippen molar-refractivity contribution in [1.29, 1.82) is 0 Å². The number of pyridine rings is 2. The summed E-state index contributed by atoms with van der Waals surface area (Å²) in [6.07, 6.45) is 11.2. The molecule has 4 N–H and O–H groups in total. The SMILES string of the molecule is Nc1ccc(N2CCN(c3ccc(Nc4ncc5cc6n(c5n4)C4(CCCCC4)CNC6=O)nc3)CC2)cn1. The monoisotopic (exact) mass is 524 g/mol. The number of nitrogens with two attached hydrogens (primary N) is 1. The fourth-order valence-electron chi connectivity index (χ4n) is 6.29. The van der Waals surface area contributed by atoms with Gasteiger partial charge < -0.3 is 30.7 Å². The molecule has 0 unspecified atom stereocenters. The van der Waals surface area contributed by atoms with Crippen molar-refractivity contribution in [2.45, 2.75) is 37.6 Å². The molecule has 0 atom stereocenters. The van der Waals surface area contributed by atoms with Crippen molar-refractivity contribution >= 4 is 45.9 Å². The van der Waals surface area contributed by atoms with E-state index in [2.05, 4.69) is 46.0 Å². The Kier molecular flexibility index (Phi) is 5.71. The van der Waals surface area contributed by atoms with E-state index in [1.54, 1.807) is 6.20 Å². The number of hydrogen-bond donors (Lipinski definition) is 3. The first kappa shape index (κ1) is 23.7. The van der Waals surface area contributed by atoms with E-state index in [4.69, 9.17) is 10.7 Å². The minimum atomic E-state index is -0.108. The second-order valence-corrected chi connectivity index (χ2v) is 10.7. The first-order valence-corrected chi connectivity index (χ1v) is 13.7. The molecule has 4 aromatic rings. The Morgan fingerprint density at radius 1 is 0.872 bits per heavy atom. The molecular formula is C28H32N10O. The third-order valence-electron chi connectivity index (χ3n) is 8.38. The van der Waals surface area contributed by atoms with Crippen LogP contribution in [0.15, 0.2) is 48.9 Å². The number of hydrogen-bond acceptors (Lipinski definition) is 9. The lowest BCUT2D eigenvalue weighted by molar-refractivity contribution is 0.0833. The number of amides is 1. The molecule has 0 bridgehead atoms. The average molecular weight is 525 g/mol. The Labute approximate surface area is 226 Å². The zero-order chi connectivity index (χ0) is 26.4. The Hall–Kier alpha value is -4.41. The molecule has 1 saturated heterocycles. The van der Waals surface area contributed by atoms with Gasteiger partial charge >= 0.3 is 0 Å². The summed E-state index contributed by atoms with van der Waals surface area (Å²) in [5.74, 6) is 1.66. The van der Waals surface area contributed by atoms with Crippen molar-refractivity contribution in [2.24, 2.45) is 0 Å². The van der Waals surface area contributed by atoms with Gasteiger partial charge in [-0.2, -0.15) is 4.98 Å².